The molecule has 0 radical (unpaired) electrons. The first kappa shape index (κ1) is 25.5. The summed E-state index contributed by atoms with van der Waals surface area (Å²) in [5.41, 5.74) is -1.26. The van der Waals surface area contributed by atoms with Gasteiger partial charge in [0.2, 0.25) is 0 Å². The van der Waals surface area contributed by atoms with Crippen LogP contribution in [0.2, 0.25) is 0 Å². The molecule has 1 unspecified atom stereocenters. The van der Waals surface area contributed by atoms with E-state index in [9.17, 15) is 39.2 Å². The number of rotatable bonds is 5. The molecule has 4 rings (SSSR count). The monoisotopic (exact) mass is 532 g/mol. The summed E-state index contributed by atoms with van der Waals surface area (Å²) in [5.74, 6) is -7.50. The molecule has 1 atom stereocenters. The highest BCUT2D eigenvalue weighted by molar-refractivity contribution is 7.90. The van der Waals surface area contributed by atoms with Gasteiger partial charge in [0.25, 0.3) is 0 Å². The average Bonchev–Trinajstić information content (AvgIpc) is 3.24. The van der Waals surface area contributed by atoms with E-state index in [1.54, 1.807) is 0 Å². The first-order chi connectivity index (χ1) is 16.7. The Morgan fingerprint density at radius 3 is 2.25 bits per heavy atom. The van der Waals surface area contributed by atoms with Crippen LogP contribution in [0.4, 0.5) is 36.4 Å². The van der Waals surface area contributed by atoms with Gasteiger partial charge in [0.05, 0.1) is 11.7 Å². The van der Waals surface area contributed by atoms with Gasteiger partial charge in [-0.3, -0.25) is 9.99 Å². The van der Waals surface area contributed by atoms with Crippen LogP contribution in [0, 0.1) is 11.6 Å². The second-order valence-corrected chi connectivity index (χ2v) is 9.91. The van der Waals surface area contributed by atoms with Crippen LogP contribution in [0.5, 0.6) is 0 Å². The number of pyridine rings is 2. The minimum absolute atomic E-state index is 0.0974. The Morgan fingerprint density at radius 1 is 0.944 bits per heavy atom. The summed E-state index contributed by atoms with van der Waals surface area (Å²) in [7, 11) is -3.57. The Kier molecular flexibility index (Phi) is 6.27. The summed E-state index contributed by atoms with van der Waals surface area (Å²) in [6.45, 7) is 0. The van der Waals surface area contributed by atoms with E-state index in [1.165, 1.54) is 36.8 Å². The van der Waals surface area contributed by atoms with Crippen molar-refractivity contribution in [3.05, 3.63) is 72.2 Å². The quantitative estimate of drug-likeness (QED) is 0.416. The van der Waals surface area contributed by atoms with Crippen molar-refractivity contribution < 1.29 is 39.2 Å². The van der Waals surface area contributed by atoms with Gasteiger partial charge in [-0.1, -0.05) is 0 Å². The van der Waals surface area contributed by atoms with E-state index >= 15 is 0 Å². The molecular formula is C22H15F7N4O2S. The molecule has 1 aromatic carbocycles. The van der Waals surface area contributed by atoms with Gasteiger partial charge in [0, 0.05) is 48.5 Å². The molecule has 3 heterocycles. The van der Waals surface area contributed by atoms with Gasteiger partial charge in [-0.15, -0.1) is 0 Å². The number of anilines is 1. The number of benzene rings is 1. The zero-order valence-corrected chi connectivity index (χ0v) is 19.0. The van der Waals surface area contributed by atoms with Gasteiger partial charge in [0.1, 0.15) is 11.5 Å². The Bertz CT molecular complexity index is 1440. The van der Waals surface area contributed by atoms with Crippen LogP contribution in [0.3, 0.4) is 0 Å². The zero-order chi connectivity index (χ0) is 26.5. The van der Waals surface area contributed by atoms with Gasteiger partial charge in [-0.05, 0) is 35.9 Å². The topological polar surface area (TPSA) is 75.5 Å². The summed E-state index contributed by atoms with van der Waals surface area (Å²) >= 11 is 0. The third-order valence-corrected chi connectivity index (χ3v) is 6.38. The van der Waals surface area contributed by atoms with Crippen molar-refractivity contribution in [3.8, 4) is 11.1 Å². The fourth-order valence-electron chi connectivity index (χ4n) is 3.58. The highest BCUT2D eigenvalue weighted by Crippen LogP contribution is 2.45. The lowest BCUT2D eigenvalue weighted by Gasteiger charge is -2.24. The van der Waals surface area contributed by atoms with Crippen molar-refractivity contribution >= 4 is 21.2 Å². The Labute approximate surface area is 200 Å². The smallest absolute Gasteiger partial charge is 0.264 e. The number of hydrogen-bond donors (Lipinski definition) is 0. The van der Waals surface area contributed by atoms with E-state index in [4.69, 9.17) is 0 Å². The average molecular weight is 532 g/mol. The summed E-state index contributed by atoms with van der Waals surface area (Å²) in [4.78, 5) is 7.84. The molecule has 0 N–H and O–H groups in total. The minimum atomic E-state index is -5.94. The van der Waals surface area contributed by atoms with Gasteiger partial charge in [-0.2, -0.15) is 27.1 Å². The van der Waals surface area contributed by atoms with Crippen molar-refractivity contribution in [1.82, 2.24) is 9.97 Å². The van der Waals surface area contributed by atoms with E-state index < -0.39 is 57.4 Å². The molecular weight excluding hydrogens is 517 g/mol. The first-order valence-corrected chi connectivity index (χ1v) is 12.0. The van der Waals surface area contributed by atoms with Crippen LogP contribution in [0.1, 0.15) is 18.0 Å². The van der Waals surface area contributed by atoms with Crippen LogP contribution in [-0.4, -0.2) is 42.5 Å². The highest BCUT2D eigenvalue weighted by atomic mass is 32.2. The molecule has 36 heavy (non-hydrogen) atoms. The van der Waals surface area contributed by atoms with Gasteiger partial charge in [-0.25, -0.2) is 22.2 Å². The Morgan fingerprint density at radius 2 is 1.67 bits per heavy atom. The summed E-state index contributed by atoms with van der Waals surface area (Å²) in [6, 6.07) is 4.84. The van der Waals surface area contributed by atoms with Crippen molar-refractivity contribution in [2.45, 2.75) is 29.6 Å². The first-order valence-electron chi connectivity index (χ1n) is 10.1. The van der Waals surface area contributed by atoms with Crippen LogP contribution < -0.4 is 5.01 Å². The molecule has 0 amide bonds. The zero-order valence-electron chi connectivity index (χ0n) is 18.1. The highest BCUT2D eigenvalue weighted by Gasteiger charge is 2.63. The predicted molar refractivity (Wildman–Crippen MR) is 115 cm³/mol. The van der Waals surface area contributed by atoms with Crippen molar-refractivity contribution in [3.63, 3.8) is 0 Å². The van der Waals surface area contributed by atoms with Gasteiger partial charge in [0.15, 0.2) is 20.7 Å². The molecule has 0 fully saturated rings. The maximum atomic E-state index is 14.5. The fraction of sp³-hybridized carbons (Fsp3) is 0.227. The Hall–Kier alpha value is -3.55. The van der Waals surface area contributed by atoms with E-state index in [0.717, 1.165) is 18.4 Å². The molecule has 1 aliphatic rings. The maximum Gasteiger partial charge on any atom is 0.459 e. The lowest BCUT2D eigenvalue weighted by molar-refractivity contribution is -0.249. The molecule has 0 spiro atoms. The molecule has 2 aromatic heterocycles. The summed E-state index contributed by atoms with van der Waals surface area (Å²) in [6.07, 6.45) is -2.16. The van der Waals surface area contributed by atoms with Crippen molar-refractivity contribution in [1.29, 1.82) is 0 Å². The SMILES string of the molecule is CS(=O)(=O)c1ccc(-c2cncc(C3CC(C(F)(F)C(F)(F)F)=NN3c3ccc(F)cc3F)c2)cn1. The molecule has 14 heteroatoms. The van der Waals surface area contributed by atoms with Crippen LogP contribution in [0.15, 0.2) is 65.1 Å². The second kappa shape index (κ2) is 8.84. The molecule has 6 nitrogen and oxygen atoms in total. The third kappa shape index (κ3) is 4.76. The minimum Gasteiger partial charge on any atom is -0.264 e. The number of sulfone groups is 1. The number of alkyl halides is 5. The maximum absolute atomic E-state index is 14.5. The van der Waals surface area contributed by atoms with E-state index in [0.29, 0.717) is 22.2 Å². The lowest BCUT2D eigenvalue weighted by atomic mass is 9.97. The van der Waals surface area contributed by atoms with Crippen LogP contribution in [0.25, 0.3) is 11.1 Å². The summed E-state index contributed by atoms with van der Waals surface area (Å²) < 4.78 is 119. The standard InChI is InChI=1S/C22H15F7N4O2S/c1-36(34,35)20-5-2-12(11-31-20)13-6-14(10-30-9-13)18-8-19(21(25,26)22(27,28)29)32-33(18)17-4-3-15(23)7-16(17)24/h2-7,9-11,18H,8H2,1H3. The number of hydrazone groups is 1. The fourth-order valence-corrected chi connectivity index (χ4v) is 4.14. The normalized spacial score (nSPS) is 16.8. The van der Waals surface area contributed by atoms with Crippen molar-refractivity contribution in [2.75, 3.05) is 11.3 Å². The second-order valence-electron chi connectivity index (χ2n) is 7.94. The van der Waals surface area contributed by atoms with Crippen LogP contribution >= 0.6 is 0 Å². The van der Waals surface area contributed by atoms with Crippen LogP contribution in [-0.2, 0) is 9.84 Å². The third-order valence-electron chi connectivity index (χ3n) is 5.38. The van der Waals surface area contributed by atoms with E-state index in [1.807, 2.05) is 0 Å². The number of hydrogen-bond acceptors (Lipinski definition) is 6. The number of nitrogens with zero attached hydrogens (tertiary/aromatic N) is 4. The van der Waals surface area contributed by atoms with Gasteiger partial charge < -0.3 is 0 Å². The predicted octanol–water partition coefficient (Wildman–Crippen LogP) is 5.33. The molecule has 0 bridgehead atoms. The largest absolute Gasteiger partial charge is 0.459 e. The number of aromatic nitrogens is 2. The lowest BCUT2D eigenvalue weighted by Crippen LogP contribution is -2.43. The molecule has 0 saturated carbocycles. The Balaban J connectivity index is 1.77. The van der Waals surface area contributed by atoms with Gasteiger partial charge >= 0.3 is 12.1 Å². The molecule has 0 aliphatic carbocycles. The van der Waals surface area contributed by atoms with E-state index in [2.05, 4.69) is 15.1 Å². The molecule has 3 aromatic rings. The molecule has 1 aliphatic heterocycles. The molecule has 0 saturated heterocycles. The number of halogens is 7. The van der Waals surface area contributed by atoms with Crippen molar-refractivity contribution in [2.24, 2.45) is 5.10 Å². The summed E-state index contributed by atoms with van der Waals surface area (Å²) in [5, 5.41) is 3.83. The molecule has 190 valence electrons. The van der Waals surface area contributed by atoms with E-state index in [-0.39, 0.29) is 10.6 Å².